The molecule has 0 saturated carbocycles. The average molecular weight is 359 g/mol. The van der Waals surface area contributed by atoms with E-state index in [9.17, 15) is 14.0 Å². The van der Waals surface area contributed by atoms with Gasteiger partial charge in [-0.2, -0.15) is 0 Å². The molecule has 1 aliphatic rings. The summed E-state index contributed by atoms with van der Waals surface area (Å²) in [6, 6.07) is 3.90. The first-order chi connectivity index (χ1) is 10.7. The number of nitrogens with zero attached hydrogens (tertiary/aromatic N) is 2. The Hall–Kier alpha value is -1.86. The molecule has 0 aliphatic carbocycles. The van der Waals surface area contributed by atoms with Gasteiger partial charge in [0.25, 0.3) is 5.91 Å². The van der Waals surface area contributed by atoms with Crippen molar-refractivity contribution in [3.63, 3.8) is 0 Å². The van der Waals surface area contributed by atoms with E-state index < -0.39 is 11.7 Å². The van der Waals surface area contributed by atoms with E-state index in [1.807, 2.05) is 13.8 Å². The molecule has 0 bridgehead atoms. The third-order valence-corrected chi connectivity index (χ3v) is 3.91. The van der Waals surface area contributed by atoms with Gasteiger partial charge >= 0.3 is 6.03 Å². The predicted octanol–water partition coefficient (Wildman–Crippen LogP) is 1.83. The Balaban J connectivity index is 0.00000288. The number of amides is 3. The number of hydrogen-bond acceptors (Lipinski definition) is 3. The third-order valence-electron chi connectivity index (χ3n) is 3.91. The molecule has 0 unspecified atom stereocenters. The van der Waals surface area contributed by atoms with Gasteiger partial charge in [0, 0.05) is 32.4 Å². The van der Waals surface area contributed by atoms with Gasteiger partial charge in [0.05, 0.1) is 5.56 Å². The van der Waals surface area contributed by atoms with E-state index in [0.717, 1.165) is 0 Å². The fraction of sp³-hybridized carbons (Fsp3) is 0.500. The number of hydrogen-bond donors (Lipinski definition) is 2. The second-order valence-electron chi connectivity index (χ2n) is 6.58. The molecule has 1 saturated heterocycles. The minimum Gasteiger partial charge on any atom is -0.341 e. The van der Waals surface area contributed by atoms with E-state index in [-0.39, 0.29) is 29.4 Å². The fourth-order valence-corrected chi connectivity index (χ4v) is 2.55. The van der Waals surface area contributed by atoms with Gasteiger partial charge in [0.15, 0.2) is 0 Å². The van der Waals surface area contributed by atoms with Crippen molar-refractivity contribution in [3.05, 3.63) is 29.6 Å². The van der Waals surface area contributed by atoms with E-state index >= 15 is 0 Å². The number of halogens is 2. The van der Waals surface area contributed by atoms with Gasteiger partial charge in [0.2, 0.25) is 0 Å². The highest BCUT2D eigenvalue weighted by Crippen LogP contribution is 2.23. The predicted molar refractivity (Wildman–Crippen MR) is 94.2 cm³/mol. The summed E-state index contributed by atoms with van der Waals surface area (Å²) in [5.41, 5.74) is 5.89. The molecule has 1 aromatic carbocycles. The summed E-state index contributed by atoms with van der Waals surface area (Å²) in [6.45, 7) is 5.74. The molecule has 1 aromatic rings. The average Bonchev–Trinajstić information content (AvgIpc) is 2.93. The quantitative estimate of drug-likeness (QED) is 0.842. The lowest BCUT2D eigenvalue weighted by atomic mass is 9.93. The van der Waals surface area contributed by atoms with E-state index in [4.69, 9.17) is 5.73 Å². The molecule has 1 heterocycles. The Morgan fingerprint density at radius 3 is 2.67 bits per heavy atom. The highest BCUT2D eigenvalue weighted by Gasteiger charge is 2.26. The fourth-order valence-electron chi connectivity index (χ4n) is 2.55. The van der Waals surface area contributed by atoms with Crippen molar-refractivity contribution in [1.82, 2.24) is 10.2 Å². The van der Waals surface area contributed by atoms with Crippen LogP contribution in [0, 0.1) is 11.2 Å². The van der Waals surface area contributed by atoms with Gasteiger partial charge < -0.3 is 16.0 Å². The molecule has 0 spiro atoms. The molecule has 8 heteroatoms. The maximum atomic E-state index is 14.1. The van der Waals surface area contributed by atoms with E-state index in [1.165, 1.54) is 28.0 Å². The van der Waals surface area contributed by atoms with Crippen LogP contribution in [0.15, 0.2) is 18.2 Å². The number of anilines is 1. The molecule has 3 amide bonds. The molecule has 3 N–H and O–H groups in total. The van der Waals surface area contributed by atoms with E-state index in [0.29, 0.717) is 31.9 Å². The number of benzene rings is 1. The summed E-state index contributed by atoms with van der Waals surface area (Å²) in [7, 11) is 1.62. The molecule has 0 atom stereocenters. The zero-order valence-corrected chi connectivity index (χ0v) is 15.0. The zero-order chi connectivity index (χ0) is 17.2. The number of urea groups is 1. The monoisotopic (exact) mass is 358 g/mol. The Morgan fingerprint density at radius 1 is 1.46 bits per heavy atom. The molecule has 0 radical (unpaired) electrons. The topological polar surface area (TPSA) is 78.7 Å². The number of rotatable bonds is 5. The first kappa shape index (κ1) is 20.2. The highest BCUT2D eigenvalue weighted by atomic mass is 35.5. The lowest BCUT2D eigenvalue weighted by Gasteiger charge is -2.29. The molecule has 6 nitrogen and oxygen atoms in total. The first-order valence-electron chi connectivity index (χ1n) is 7.55. The van der Waals surface area contributed by atoms with Crippen molar-refractivity contribution >= 4 is 30.0 Å². The van der Waals surface area contributed by atoms with Crippen LogP contribution in [0.4, 0.5) is 14.9 Å². The minimum atomic E-state index is -0.601. The molecule has 134 valence electrons. The van der Waals surface area contributed by atoms with Crippen LogP contribution in [-0.2, 0) is 0 Å². The van der Waals surface area contributed by atoms with Gasteiger partial charge in [-0.3, -0.25) is 9.69 Å². The molecule has 1 fully saturated rings. The van der Waals surface area contributed by atoms with E-state index in [1.54, 1.807) is 7.05 Å². The third kappa shape index (κ3) is 4.36. The summed E-state index contributed by atoms with van der Waals surface area (Å²) in [5.74, 6) is -1.03. The molecule has 1 aliphatic heterocycles. The van der Waals surface area contributed by atoms with Crippen LogP contribution in [0.25, 0.3) is 0 Å². The lowest BCUT2D eigenvalue weighted by molar-refractivity contribution is 0.0736. The molecule has 24 heavy (non-hydrogen) atoms. The Morgan fingerprint density at radius 2 is 2.12 bits per heavy atom. The minimum absolute atomic E-state index is 0. The summed E-state index contributed by atoms with van der Waals surface area (Å²) in [5, 5.41) is 2.68. The van der Waals surface area contributed by atoms with Crippen molar-refractivity contribution in [2.45, 2.75) is 13.8 Å². The van der Waals surface area contributed by atoms with Crippen molar-refractivity contribution in [2.24, 2.45) is 11.1 Å². The van der Waals surface area contributed by atoms with Crippen LogP contribution in [0.2, 0.25) is 0 Å². The van der Waals surface area contributed by atoms with Crippen LogP contribution in [-0.4, -0.2) is 50.1 Å². The molecular weight excluding hydrogens is 335 g/mol. The van der Waals surface area contributed by atoms with Crippen LogP contribution < -0.4 is 16.0 Å². The van der Waals surface area contributed by atoms with Crippen molar-refractivity contribution in [3.8, 4) is 0 Å². The maximum absolute atomic E-state index is 14.1. The van der Waals surface area contributed by atoms with Gasteiger partial charge in [-0.1, -0.05) is 13.8 Å². The summed E-state index contributed by atoms with van der Waals surface area (Å²) in [6.07, 6.45) is 0. The van der Waals surface area contributed by atoms with Crippen LogP contribution in [0.5, 0.6) is 0 Å². The normalized spacial score (nSPS) is 14.2. The van der Waals surface area contributed by atoms with Crippen LogP contribution in [0.3, 0.4) is 0 Å². The second-order valence-corrected chi connectivity index (χ2v) is 6.58. The van der Waals surface area contributed by atoms with Crippen molar-refractivity contribution in [1.29, 1.82) is 0 Å². The zero-order valence-electron chi connectivity index (χ0n) is 14.1. The maximum Gasteiger partial charge on any atom is 0.321 e. The standard InChI is InChI=1S/C16H23FN4O2.ClH/c1-16(2,9-18)10-20(3)14(22)12-8-11(4-5-13(12)17)21-7-6-19-15(21)23;/h4-5,8H,6-7,9-10,18H2,1-3H3,(H,19,23);1H. The largest absolute Gasteiger partial charge is 0.341 e. The first-order valence-corrected chi connectivity index (χ1v) is 7.55. The van der Waals surface area contributed by atoms with Crippen LogP contribution in [0.1, 0.15) is 24.2 Å². The van der Waals surface area contributed by atoms with E-state index in [2.05, 4.69) is 5.32 Å². The summed E-state index contributed by atoms with van der Waals surface area (Å²) >= 11 is 0. The molecule has 0 aromatic heterocycles. The smallest absolute Gasteiger partial charge is 0.321 e. The number of nitrogens with two attached hydrogens (primary N) is 1. The Kier molecular flexibility index (Phi) is 6.57. The van der Waals surface area contributed by atoms with Crippen LogP contribution >= 0.6 is 12.4 Å². The Labute approximate surface area is 147 Å². The van der Waals surface area contributed by atoms with Gasteiger partial charge in [-0.05, 0) is 30.2 Å². The lowest BCUT2D eigenvalue weighted by Crippen LogP contribution is -2.40. The summed E-state index contributed by atoms with van der Waals surface area (Å²) in [4.78, 5) is 27.2. The SMILES string of the molecule is CN(CC(C)(C)CN)C(=O)c1cc(N2CCNC2=O)ccc1F.Cl. The second kappa shape index (κ2) is 7.81. The highest BCUT2D eigenvalue weighted by molar-refractivity contribution is 5.98. The van der Waals surface area contributed by atoms with Gasteiger partial charge in [-0.25, -0.2) is 9.18 Å². The van der Waals surface area contributed by atoms with Crippen molar-refractivity contribution < 1.29 is 14.0 Å². The number of carbonyl (C=O) groups is 2. The summed E-state index contributed by atoms with van der Waals surface area (Å²) < 4.78 is 14.1. The van der Waals surface area contributed by atoms with Gasteiger partial charge in [-0.15, -0.1) is 12.4 Å². The molecular formula is C16H24ClFN4O2. The Bertz CT molecular complexity index is 624. The number of carbonyl (C=O) groups excluding carboxylic acids is 2. The van der Waals surface area contributed by atoms with Crippen molar-refractivity contribution in [2.75, 3.05) is 38.1 Å². The van der Waals surface area contributed by atoms with Gasteiger partial charge in [0.1, 0.15) is 5.82 Å². The molecule has 2 rings (SSSR count). The number of nitrogens with one attached hydrogen (secondary N) is 1.